The lowest BCUT2D eigenvalue weighted by molar-refractivity contribution is -0.0247. The molecule has 0 rings (SSSR count). The zero-order valence-electron chi connectivity index (χ0n) is 11.2. The molecular formula is C8H23O8PSi. The molecular weight excluding hydrogens is 283 g/mol. The summed E-state index contributed by atoms with van der Waals surface area (Å²) in [5.74, 6) is 0. The van der Waals surface area contributed by atoms with E-state index in [2.05, 4.69) is 0 Å². The molecule has 3 N–H and O–H groups in total. The molecule has 112 valence electrons. The van der Waals surface area contributed by atoms with Gasteiger partial charge in [-0.1, -0.05) is 0 Å². The van der Waals surface area contributed by atoms with Crippen LogP contribution in [-0.2, 0) is 22.3 Å². The first kappa shape index (κ1) is 20.5. The highest BCUT2D eigenvalue weighted by molar-refractivity contribution is 7.45. The zero-order chi connectivity index (χ0) is 14.7. The Morgan fingerprint density at radius 1 is 0.778 bits per heavy atom. The molecule has 0 aromatic rings. The van der Waals surface area contributed by atoms with Gasteiger partial charge in [-0.2, -0.15) is 0 Å². The van der Waals surface area contributed by atoms with E-state index in [-0.39, 0.29) is 0 Å². The van der Waals surface area contributed by atoms with Gasteiger partial charge in [-0.15, -0.1) is 0 Å². The molecule has 0 heterocycles. The maximum atomic E-state index is 8.88. The van der Waals surface area contributed by atoms with Crippen LogP contribution in [0.3, 0.4) is 0 Å². The maximum absolute atomic E-state index is 8.88. The first-order chi connectivity index (χ1) is 8.24. The van der Waals surface area contributed by atoms with E-state index in [4.69, 9.17) is 36.9 Å². The molecule has 10 heteroatoms. The molecule has 18 heavy (non-hydrogen) atoms. The summed E-state index contributed by atoms with van der Waals surface area (Å²) in [6.07, 6.45) is 0. The van der Waals surface area contributed by atoms with Crippen molar-refractivity contribution in [2.45, 2.75) is 27.7 Å². The minimum Gasteiger partial charge on any atom is -0.351 e. The largest absolute Gasteiger partial charge is 0.679 e. The van der Waals surface area contributed by atoms with Crippen LogP contribution in [0.15, 0.2) is 0 Å². The zero-order valence-corrected chi connectivity index (χ0v) is 13.1. The van der Waals surface area contributed by atoms with Crippen LogP contribution in [-0.4, -0.2) is 50.2 Å². The molecule has 0 bridgehead atoms. The molecule has 0 atom stereocenters. The lowest BCUT2D eigenvalue weighted by Gasteiger charge is -2.26. The van der Waals surface area contributed by atoms with E-state index >= 15 is 0 Å². The standard InChI is InChI=1S/C8H20O4Si.H3O4P/c1-5-9-13(10-6-2,11-7-3)12-8-4;1-5(2,3)4/h5-8H2,1-4H3;(H3,1,2,3,4). The van der Waals surface area contributed by atoms with Crippen LogP contribution in [0.25, 0.3) is 0 Å². The predicted octanol–water partition coefficient (Wildman–Crippen LogP) is 0.639. The predicted molar refractivity (Wildman–Crippen MR) is 66.5 cm³/mol. The second-order valence-electron chi connectivity index (χ2n) is 2.75. The van der Waals surface area contributed by atoms with Crippen molar-refractivity contribution in [3.8, 4) is 0 Å². The SMILES string of the molecule is CCO[Si](OCC)(OCC)OCC.O=P(O)(O)O. The van der Waals surface area contributed by atoms with Gasteiger partial charge in [-0.05, 0) is 27.7 Å². The summed E-state index contributed by atoms with van der Waals surface area (Å²) in [4.78, 5) is 21.6. The van der Waals surface area contributed by atoms with E-state index in [0.29, 0.717) is 26.4 Å². The molecule has 0 saturated heterocycles. The Labute approximate surface area is 109 Å². The monoisotopic (exact) mass is 306 g/mol. The molecule has 0 aromatic carbocycles. The number of hydrogen-bond donors (Lipinski definition) is 3. The van der Waals surface area contributed by atoms with E-state index in [0.717, 1.165) is 0 Å². The van der Waals surface area contributed by atoms with E-state index in [1.807, 2.05) is 27.7 Å². The second-order valence-corrected chi connectivity index (χ2v) is 5.93. The smallest absolute Gasteiger partial charge is 0.351 e. The molecule has 0 aliphatic carbocycles. The highest BCUT2D eigenvalue weighted by Gasteiger charge is 2.44. The average Bonchev–Trinajstić information content (AvgIpc) is 2.16. The Morgan fingerprint density at radius 3 is 1.06 bits per heavy atom. The first-order valence-electron chi connectivity index (χ1n) is 5.58. The second kappa shape index (κ2) is 11.0. The summed E-state index contributed by atoms with van der Waals surface area (Å²) < 4.78 is 30.6. The van der Waals surface area contributed by atoms with Gasteiger partial charge in [0.25, 0.3) is 0 Å². The van der Waals surface area contributed by atoms with Crippen LogP contribution >= 0.6 is 7.82 Å². The topological polar surface area (TPSA) is 115 Å². The van der Waals surface area contributed by atoms with Crippen molar-refractivity contribution in [2.75, 3.05) is 26.4 Å². The van der Waals surface area contributed by atoms with Crippen molar-refractivity contribution in [3.05, 3.63) is 0 Å². The van der Waals surface area contributed by atoms with Crippen molar-refractivity contribution in [2.24, 2.45) is 0 Å². The summed E-state index contributed by atoms with van der Waals surface area (Å²) in [5, 5.41) is 0. The third-order valence-electron chi connectivity index (χ3n) is 1.28. The van der Waals surface area contributed by atoms with Crippen molar-refractivity contribution in [1.82, 2.24) is 0 Å². The van der Waals surface area contributed by atoms with Crippen LogP contribution in [0, 0.1) is 0 Å². The normalized spacial score (nSPS) is 11.9. The Morgan fingerprint density at radius 2 is 0.944 bits per heavy atom. The van der Waals surface area contributed by atoms with Gasteiger partial charge in [0.15, 0.2) is 0 Å². The molecule has 0 aliphatic rings. The molecule has 0 radical (unpaired) electrons. The summed E-state index contributed by atoms with van der Waals surface area (Å²) in [7, 11) is -7.43. The lowest BCUT2D eigenvalue weighted by Crippen LogP contribution is -2.49. The fourth-order valence-corrected chi connectivity index (χ4v) is 2.87. The van der Waals surface area contributed by atoms with E-state index in [1.54, 1.807) is 0 Å². The third-order valence-corrected chi connectivity index (χ3v) is 3.85. The molecule has 0 aliphatic heterocycles. The fourth-order valence-electron chi connectivity index (χ4n) is 0.957. The molecule has 8 nitrogen and oxygen atoms in total. The Kier molecular flexibility index (Phi) is 12.6. The lowest BCUT2D eigenvalue weighted by atomic mass is 10.9. The minimum atomic E-state index is -4.64. The van der Waals surface area contributed by atoms with Crippen LogP contribution in [0.4, 0.5) is 0 Å². The van der Waals surface area contributed by atoms with E-state index in [9.17, 15) is 0 Å². The molecule has 0 fully saturated rings. The summed E-state index contributed by atoms with van der Waals surface area (Å²) in [6.45, 7) is 9.80. The van der Waals surface area contributed by atoms with Gasteiger partial charge in [0, 0.05) is 26.4 Å². The Bertz CT molecular complexity index is 195. The fraction of sp³-hybridized carbons (Fsp3) is 1.00. The van der Waals surface area contributed by atoms with Crippen LogP contribution in [0.1, 0.15) is 27.7 Å². The van der Waals surface area contributed by atoms with Gasteiger partial charge in [-0.25, -0.2) is 4.57 Å². The van der Waals surface area contributed by atoms with Crippen LogP contribution < -0.4 is 0 Å². The summed E-state index contributed by atoms with van der Waals surface area (Å²) in [6, 6.07) is 0. The van der Waals surface area contributed by atoms with Crippen molar-refractivity contribution in [1.29, 1.82) is 0 Å². The Hall–Kier alpha value is 0.167. The summed E-state index contributed by atoms with van der Waals surface area (Å²) >= 11 is 0. The van der Waals surface area contributed by atoms with Gasteiger partial charge in [0.05, 0.1) is 0 Å². The highest BCUT2D eigenvalue weighted by atomic mass is 31.2. The quantitative estimate of drug-likeness (QED) is 0.442. The van der Waals surface area contributed by atoms with E-state index in [1.165, 1.54) is 0 Å². The average molecular weight is 306 g/mol. The van der Waals surface area contributed by atoms with Crippen LogP contribution in [0.5, 0.6) is 0 Å². The number of rotatable bonds is 8. The first-order valence-corrected chi connectivity index (χ1v) is 8.78. The van der Waals surface area contributed by atoms with Gasteiger partial charge in [0.1, 0.15) is 0 Å². The number of phosphoric acid groups is 1. The Balaban J connectivity index is 0. The third kappa shape index (κ3) is 14.2. The summed E-state index contributed by atoms with van der Waals surface area (Å²) in [5.41, 5.74) is 0. The highest BCUT2D eigenvalue weighted by Crippen LogP contribution is 2.25. The van der Waals surface area contributed by atoms with Gasteiger partial charge >= 0.3 is 16.9 Å². The van der Waals surface area contributed by atoms with E-state index < -0.39 is 16.9 Å². The van der Waals surface area contributed by atoms with Gasteiger partial charge in [0.2, 0.25) is 0 Å². The van der Waals surface area contributed by atoms with Crippen molar-refractivity contribution < 1.29 is 36.9 Å². The molecule has 0 amide bonds. The number of hydrogen-bond acceptors (Lipinski definition) is 5. The van der Waals surface area contributed by atoms with Crippen LogP contribution in [0.2, 0.25) is 0 Å². The maximum Gasteiger partial charge on any atom is 0.679 e. The van der Waals surface area contributed by atoms with Crippen molar-refractivity contribution in [3.63, 3.8) is 0 Å². The van der Waals surface area contributed by atoms with Crippen molar-refractivity contribution >= 4 is 16.9 Å². The van der Waals surface area contributed by atoms with Gasteiger partial charge in [-0.3, -0.25) is 0 Å². The minimum absolute atomic E-state index is 0.548. The molecule has 0 saturated carbocycles. The van der Waals surface area contributed by atoms with Gasteiger partial charge < -0.3 is 32.4 Å². The molecule has 0 spiro atoms. The molecule has 0 aromatic heterocycles. The molecule has 0 unspecified atom stereocenters.